The minimum absolute atomic E-state index is 0.288. The zero-order valence-corrected chi connectivity index (χ0v) is 12.0. The molecule has 0 bridgehead atoms. The molecule has 102 valence electrons. The summed E-state index contributed by atoms with van der Waals surface area (Å²) < 4.78 is 5.19. The van der Waals surface area contributed by atoms with Crippen molar-refractivity contribution in [1.29, 1.82) is 0 Å². The molecule has 0 aliphatic heterocycles. The highest BCUT2D eigenvalue weighted by Crippen LogP contribution is 2.24. The van der Waals surface area contributed by atoms with Crippen molar-refractivity contribution < 1.29 is 4.74 Å². The highest BCUT2D eigenvalue weighted by molar-refractivity contribution is 5.29. The molecule has 0 aliphatic carbocycles. The molecule has 2 N–H and O–H groups in total. The van der Waals surface area contributed by atoms with Crippen LogP contribution in [-0.2, 0) is 0 Å². The van der Waals surface area contributed by atoms with E-state index < -0.39 is 0 Å². The second-order valence-corrected chi connectivity index (χ2v) is 4.61. The zero-order valence-electron chi connectivity index (χ0n) is 12.0. The lowest BCUT2D eigenvalue weighted by Crippen LogP contribution is -2.39. The monoisotopic (exact) mass is 250 g/mol. The summed E-state index contributed by atoms with van der Waals surface area (Å²) in [6.45, 7) is 8.33. The van der Waals surface area contributed by atoms with Crippen LogP contribution in [0.25, 0.3) is 0 Å². The number of nitrogens with two attached hydrogens (primary N) is 1. The fourth-order valence-corrected chi connectivity index (χ4v) is 2.36. The molecular formula is C15H26N2O. The summed E-state index contributed by atoms with van der Waals surface area (Å²) in [6.07, 6.45) is 1.14. The molecule has 0 amide bonds. The number of hydrogen-bond acceptors (Lipinski definition) is 3. The second-order valence-electron chi connectivity index (χ2n) is 4.61. The third-order valence-corrected chi connectivity index (χ3v) is 3.65. The Morgan fingerprint density at radius 3 is 2.22 bits per heavy atom. The Hall–Kier alpha value is -1.06. The number of hydrogen-bond donors (Lipinski definition) is 1. The van der Waals surface area contributed by atoms with Crippen molar-refractivity contribution in [1.82, 2.24) is 4.90 Å². The van der Waals surface area contributed by atoms with Gasteiger partial charge in [0.15, 0.2) is 0 Å². The molecule has 18 heavy (non-hydrogen) atoms. The maximum absolute atomic E-state index is 5.97. The number of ether oxygens (including phenoxy) is 1. The summed E-state index contributed by atoms with van der Waals surface area (Å²) in [5.74, 6) is 0.890. The summed E-state index contributed by atoms with van der Waals surface area (Å²) in [5.41, 5.74) is 7.24. The van der Waals surface area contributed by atoms with Crippen LogP contribution in [0.15, 0.2) is 24.3 Å². The van der Waals surface area contributed by atoms with Gasteiger partial charge in [0.2, 0.25) is 0 Å². The van der Waals surface area contributed by atoms with Gasteiger partial charge >= 0.3 is 0 Å². The van der Waals surface area contributed by atoms with E-state index in [-0.39, 0.29) is 6.04 Å². The van der Waals surface area contributed by atoms with Crippen LogP contribution in [0.1, 0.15) is 38.8 Å². The molecular weight excluding hydrogens is 224 g/mol. The first-order valence-corrected chi connectivity index (χ1v) is 6.77. The van der Waals surface area contributed by atoms with Crippen molar-refractivity contribution in [2.24, 2.45) is 5.73 Å². The van der Waals surface area contributed by atoms with Crippen molar-refractivity contribution in [3.05, 3.63) is 29.8 Å². The highest BCUT2D eigenvalue weighted by Gasteiger charge is 2.21. The Kier molecular flexibility index (Phi) is 6.16. The van der Waals surface area contributed by atoms with Gasteiger partial charge in [0.1, 0.15) is 5.75 Å². The molecule has 1 aromatic carbocycles. The summed E-state index contributed by atoms with van der Waals surface area (Å²) in [5, 5.41) is 0. The van der Waals surface area contributed by atoms with Gasteiger partial charge in [0.05, 0.1) is 7.11 Å². The fraction of sp³-hybridized carbons (Fsp3) is 0.600. The summed E-state index contributed by atoms with van der Waals surface area (Å²) >= 11 is 0. The van der Waals surface area contributed by atoms with Gasteiger partial charge in [-0.15, -0.1) is 0 Å². The van der Waals surface area contributed by atoms with Crippen LogP contribution >= 0.6 is 0 Å². The second kappa shape index (κ2) is 7.39. The number of nitrogens with zero attached hydrogens (tertiary/aromatic N) is 1. The fourth-order valence-electron chi connectivity index (χ4n) is 2.36. The summed E-state index contributed by atoms with van der Waals surface area (Å²) in [7, 11) is 1.69. The first kappa shape index (κ1) is 15.0. The van der Waals surface area contributed by atoms with Gasteiger partial charge < -0.3 is 10.5 Å². The van der Waals surface area contributed by atoms with E-state index in [2.05, 4.69) is 37.8 Å². The smallest absolute Gasteiger partial charge is 0.118 e. The van der Waals surface area contributed by atoms with Gasteiger partial charge in [-0.2, -0.15) is 0 Å². The third-order valence-electron chi connectivity index (χ3n) is 3.65. The van der Waals surface area contributed by atoms with Crippen molar-refractivity contribution >= 4 is 0 Å². The Labute approximate surface area is 111 Å². The Morgan fingerprint density at radius 1 is 1.22 bits per heavy atom. The van der Waals surface area contributed by atoms with Gasteiger partial charge in [-0.1, -0.05) is 26.0 Å². The zero-order chi connectivity index (χ0) is 13.5. The van der Waals surface area contributed by atoms with E-state index in [1.54, 1.807) is 7.11 Å². The van der Waals surface area contributed by atoms with E-state index in [1.165, 1.54) is 5.56 Å². The Morgan fingerprint density at radius 2 is 1.83 bits per heavy atom. The summed E-state index contributed by atoms with van der Waals surface area (Å²) in [6, 6.07) is 9.06. The first-order chi connectivity index (χ1) is 8.67. The topological polar surface area (TPSA) is 38.5 Å². The lowest BCUT2D eigenvalue weighted by molar-refractivity contribution is 0.152. The van der Waals surface area contributed by atoms with E-state index in [1.807, 2.05) is 12.1 Å². The van der Waals surface area contributed by atoms with E-state index in [4.69, 9.17) is 10.5 Å². The molecule has 0 heterocycles. The number of benzene rings is 1. The summed E-state index contributed by atoms with van der Waals surface area (Å²) in [4.78, 5) is 2.46. The maximum atomic E-state index is 5.97. The minimum atomic E-state index is 0.288. The molecule has 0 saturated carbocycles. The first-order valence-electron chi connectivity index (χ1n) is 6.77. The molecule has 0 radical (unpaired) electrons. The van der Waals surface area contributed by atoms with Gasteiger partial charge in [-0.3, -0.25) is 4.90 Å². The SMILES string of the molecule is CCC(C)N(CC)C(CN)c1ccc(OC)cc1. The van der Waals surface area contributed by atoms with E-state index in [0.29, 0.717) is 12.6 Å². The van der Waals surface area contributed by atoms with Gasteiger partial charge in [-0.05, 0) is 37.6 Å². The molecule has 2 atom stereocenters. The van der Waals surface area contributed by atoms with Crippen LogP contribution < -0.4 is 10.5 Å². The average molecular weight is 250 g/mol. The minimum Gasteiger partial charge on any atom is -0.497 e. The lowest BCUT2D eigenvalue weighted by atomic mass is 10.0. The predicted octanol–water partition coefficient (Wildman–Crippen LogP) is 2.82. The normalized spacial score (nSPS) is 14.6. The number of rotatable bonds is 7. The molecule has 1 rings (SSSR count). The molecule has 0 saturated heterocycles. The van der Waals surface area contributed by atoms with Crippen LogP contribution in [0, 0.1) is 0 Å². The molecule has 1 aromatic rings. The standard InChI is InChI=1S/C15H26N2O/c1-5-12(3)17(6-2)15(11-16)13-7-9-14(18-4)10-8-13/h7-10,12,15H,5-6,11,16H2,1-4H3. The van der Waals surface area contributed by atoms with Crippen LogP contribution in [0.3, 0.4) is 0 Å². The predicted molar refractivity (Wildman–Crippen MR) is 76.9 cm³/mol. The third kappa shape index (κ3) is 3.47. The number of methoxy groups -OCH3 is 1. The van der Waals surface area contributed by atoms with E-state index in [0.717, 1.165) is 18.7 Å². The van der Waals surface area contributed by atoms with Gasteiger partial charge in [0.25, 0.3) is 0 Å². The molecule has 0 aromatic heterocycles. The van der Waals surface area contributed by atoms with Crippen molar-refractivity contribution in [3.63, 3.8) is 0 Å². The van der Waals surface area contributed by atoms with E-state index >= 15 is 0 Å². The van der Waals surface area contributed by atoms with E-state index in [9.17, 15) is 0 Å². The van der Waals surface area contributed by atoms with Crippen molar-refractivity contribution in [2.45, 2.75) is 39.3 Å². The lowest BCUT2D eigenvalue weighted by Gasteiger charge is -2.35. The van der Waals surface area contributed by atoms with Crippen LogP contribution in [0.2, 0.25) is 0 Å². The largest absolute Gasteiger partial charge is 0.497 e. The molecule has 3 nitrogen and oxygen atoms in total. The van der Waals surface area contributed by atoms with Crippen LogP contribution in [0.4, 0.5) is 0 Å². The van der Waals surface area contributed by atoms with Crippen LogP contribution in [-0.4, -0.2) is 31.1 Å². The quantitative estimate of drug-likeness (QED) is 0.808. The molecule has 3 heteroatoms. The van der Waals surface area contributed by atoms with Gasteiger partial charge in [-0.25, -0.2) is 0 Å². The van der Waals surface area contributed by atoms with Crippen LogP contribution in [0.5, 0.6) is 5.75 Å². The molecule has 0 aliphatic rings. The van der Waals surface area contributed by atoms with Crippen molar-refractivity contribution in [2.75, 3.05) is 20.2 Å². The average Bonchev–Trinajstić information content (AvgIpc) is 2.44. The van der Waals surface area contributed by atoms with Crippen molar-refractivity contribution in [3.8, 4) is 5.75 Å². The maximum Gasteiger partial charge on any atom is 0.118 e. The Balaban J connectivity index is 2.92. The highest BCUT2D eigenvalue weighted by atomic mass is 16.5. The molecule has 0 spiro atoms. The Bertz CT molecular complexity index is 337. The molecule has 0 fully saturated rings. The van der Waals surface area contributed by atoms with Gasteiger partial charge in [0, 0.05) is 18.6 Å². The number of likely N-dealkylation sites (N-methyl/N-ethyl adjacent to an activating group) is 1. The molecule has 2 unspecified atom stereocenters.